The van der Waals surface area contributed by atoms with Crippen LogP contribution in [0.2, 0.25) is 0 Å². The highest BCUT2D eigenvalue weighted by atomic mass is 79.9. The summed E-state index contributed by atoms with van der Waals surface area (Å²) in [4.78, 5) is 12.9. The Labute approximate surface area is 126 Å². The maximum absolute atomic E-state index is 10.8. The van der Waals surface area contributed by atoms with Crippen LogP contribution in [0, 0.1) is 10.1 Å². The summed E-state index contributed by atoms with van der Waals surface area (Å²) in [6, 6.07) is 6.28. The highest BCUT2D eigenvalue weighted by Gasteiger charge is 2.37. The van der Waals surface area contributed by atoms with Crippen LogP contribution < -0.4 is 10.6 Å². The minimum Gasteiger partial charge on any atom is -0.365 e. The van der Waals surface area contributed by atoms with Crippen molar-refractivity contribution < 1.29 is 4.92 Å². The monoisotopic (exact) mass is 339 g/mol. The summed E-state index contributed by atoms with van der Waals surface area (Å²) in [7, 11) is 0. The van der Waals surface area contributed by atoms with E-state index in [4.69, 9.17) is 5.73 Å². The van der Waals surface area contributed by atoms with Gasteiger partial charge in [0.1, 0.15) is 0 Å². The number of piperidine rings is 2. The number of nitro groups is 1. The Morgan fingerprint density at radius 2 is 1.95 bits per heavy atom. The zero-order valence-corrected chi connectivity index (χ0v) is 12.8. The van der Waals surface area contributed by atoms with Crippen LogP contribution in [0.25, 0.3) is 0 Å². The lowest BCUT2D eigenvalue weighted by molar-refractivity contribution is -0.384. The lowest BCUT2D eigenvalue weighted by atomic mass is 9.81. The van der Waals surface area contributed by atoms with Crippen molar-refractivity contribution in [3.8, 4) is 0 Å². The fourth-order valence-electron chi connectivity index (χ4n) is 3.64. The third kappa shape index (κ3) is 2.42. The van der Waals surface area contributed by atoms with Gasteiger partial charge in [-0.1, -0.05) is 0 Å². The Bertz CT molecular complexity index is 523. The van der Waals surface area contributed by atoms with Gasteiger partial charge in [0.15, 0.2) is 0 Å². The van der Waals surface area contributed by atoms with Crippen molar-refractivity contribution in [2.75, 3.05) is 4.90 Å². The molecule has 2 unspecified atom stereocenters. The van der Waals surface area contributed by atoms with Crippen molar-refractivity contribution in [3.05, 3.63) is 32.8 Å². The molecule has 0 aliphatic carbocycles. The Morgan fingerprint density at radius 3 is 2.50 bits per heavy atom. The SMILES string of the molecule is NC1CC2CCCC(C1)N2c1ccc([N+](=O)[O-])cc1Br. The first-order chi connectivity index (χ1) is 9.56. The van der Waals surface area contributed by atoms with Gasteiger partial charge in [0, 0.05) is 34.7 Å². The van der Waals surface area contributed by atoms with E-state index in [1.807, 2.05) is 6.07 Å². The normalized spacial score (nSPS) is 29.3. The zero-order chi connectivity index (χ0) is 14.3. The largest absolute Gasteiger partial charge is 0.365 e. The van der Waals surface area contributed by atoms with Crippen LogP contribution in [0.5, 0.6) is 0 Å². The van der Waals surface area contributed by atoms with Crippen molar-refractivity contribution in [3.63, 3.8) is 0 Å². The van der Waals surface area contributed by atoms with Gasteiger partial charge in [-0.3, -0.25) is 10.1 Å². The van der Waals surface area contributed by atoms with Crippen LogP contribution >= 0.6 is 15.9 Å². The Morgan fingerprint density at radius 1 is 1.30 bits per heavy atom. The highest BCUT2D eigenvalue weighted by Crippen LogP contribution is 2.41. The smallest absolute Gasteiger partial charge is 0.270 e. The summed E-state index contributed by atoms with van der Waals surface area (Å²) in [5.74, 6) is 0. The van der Waals surface area contributed by atoms with Crippen LogP contribution in [0.1, 0.15) is 32.1 Å². The molecule has 2 atom stereocenters. The first-order valence-corrected chi connectivity index (χ1v) is 7.83. The van der Waals surface area contributed by atoms with E-state index in [1.54, 1.807) is 12.1 Å². The van der Waals surface area contributed by atoms with E-state index < -0.39 is 0 Å². The van der Waals surface area contributed by atoms with E-state index in [9.17, 15) is 10.1 Å². The van der Waals surface area contributed by atoms with Gasteiger partial charge in [-0.15, -0.1) is 0 Å². The molecule has 0 amide bonds. The van der Waals surface area contributed by atoms with Crippen molar-refractivity contribution in [1.82, 2.24) is 0 Å². The van der Waals surface area contributed by atoms with Crippen LogP contribution in [-0.2, 0) is 0 Å². The number of benzene rings is 1. The average Bonchev–Trinajstić information content (AvgIpc) is 2.38. The molecule has 0 saturated carbocycles. The maximum Gasteiger partial charge on any atom is 0.270 e. The average molecular weight is 340 g/mol. The minimum absolute atomic E-state index is 0.125. The second-order valence-electron chi connectivity index (χ2n) is 5.77. The van der Waals surface area contributed by atoms with Crippen molar-refractivity contribution in [2.45, 2.75) is 50.2 Å². The summed E-state index contributed by atoms with van der Waals surface area (Å²) < 4.78 is 0.805. The molecule has 2 bridgehead atoms. The summed E-state index contributed by atoms with van der Waals surface area (Å²) in [5, 5.41) is 10.8. The highest BCUT2D eigenvalue weighted by molar-refractivity contribution is 9.10. The molecule has 2 N–H and O–H groups in total. The molecule has 2 heterocycles. The summed E-state index contributed by atoms with van der Waals surface area (Å²) in [6.45, 7) is 0. The second-order valence-corrected chi connectivity index (χ2v) is 6.62. The molecule has 1 aromatic rings. The third-order valence-electron chi connectivity index (χ3n) is 4.43. The van der Waals surface area contributed by atoms with Gasteiger partial charge in [0.25, 0.3) is 5.69 Å². The number of hydrogen-bond acceptors (Lipinski definition) is 4. The summed E-state index contributed by atoms with van der Waals surface area (Å²) in [6.07, 6.45) is 5.60. The first kappa shape index (κ1) is 13.8. The molecule has 2 aliphatic heterocycles. The topological polar surface area (TPSA) is 72.4 Å². The molecule has 20 heavy (non-hydrogen) atoms. The van der Waals surface area contributed by atoms with Gasteiger partial charge in [0.05, 0.1) is 10.6 Å². The van der Waals surface area contributed by atoms with E-state index in [2.05, 4.69) is 20.8 Å². The predicted molar refractivity (Wildman–Crippen MR) is 81.9 cm³/mol. The number of non-ortho nitro benzene ring substituents is 1. The zero-order valence-electron chi connectivity index (χ0n) is 11.2. The van der Waals surface area contributed by atoms with E-state index in [0.29, 0.717) is 18.1 Å². The number of anilines is 1. The van der Waals surface area contributed by atoms with Gasteiger partial charge in [-0.25, -0.2) is 0 Å². The Hall–Kier alpha value is -1.14. The quantitative estimate of drug-likeness (QED) is 0.663. The number of nitrogens with zero attached hydrogens (tertiary/aromatic N) is 2. The molecule has 0 spiro atoms. The molecule has 0 aromatic heterocycles. The molecular formula is C14H18BrN3O2. The molecule has 2 fully saturated rings. The van der Waals surface area contributed by atoms with Crippen LogP contribution in [0.3, 0.4) is 0 Å². The van der Waals surface area contributed by atoms with Gasteiger partial charge in [-0.05, 0) is 54.1 Å². The molecule has 6 heteroatoms. The van der Waals surface area contributed by atoms with Crippen LogP contribution in [-0.4, -0.2) is 23.0 Å². The number of halogens is 1. The van der Waals surface area contributed by atoms with Gasteiger partial charge in [0.2, 0.25) is 0 Å². The standard InChI is InChI=1S/C14H18BrN3O2/c15-13-8-12(18(19)20)4-5-14(13)17-10-2-1-3-11(17)7-9(16)6-10/h4-5,8-11H,1-3,6-7,16H2. The lowest BCUT2D eigenvalue weighted by Crippen LogP contribution is -2.55. The van der Waals surface area contributed by atoms with E-state index in [-0.39, 0.29) is 10.6 Å². The fourth-order valence-corrected chi connectivity index (χ4v) is 4.21. The fraction of sp³-hybridized carbons (Fsp3) is 0.571. The number of nitro benzene ring substituents is 1. The number of rotatable bonds is 2. The van der Waals surface area contributed by atoms with E-state index in [1.165, 1.54) is 6.42 Å². The molecule has 2 aliphatic rings. The second kappa shape index (κ2) is 5.33. The van der Waals surface area contributed by atoms with Crippen LogP contribution in [0.4, 0.5) is 11.4 Å². The lowest BCUT2D eigenvalue weighted by Gasteiger charge is -2.50. The molecule has 108 valence electrons. The maximum atomic E-state index is 10.8. The van der Waals surface area contributed by atoms with Gasteiger partial charge >= 0.3 is 0 Å². The number of nitrogens with two attached hydrogens (primary N) is 1. The van der Waals surface area contributed by atoms with Gasteiger partial charge in [-0.2, -0.15) is 0 Å². The molecular weight excluding hydrogens is 322 g/mol. The molecule has 2 saturated heterocycles. The molecule has 5 nitrogen and oxygen atoms in total. The molecule has 3 rings (SSSR count). The summed E-state index contributed by atoms with van der Waals surface area (Å²) in [5.41, 5.74) is 7.33. The molecule has 1 aromatic carbocycles. The number of hydrogen-bond donors (Lipinski definition) is 1. The van der Waals surface area contributed by atoms with E-state index in [0.717, 1.165) is 35.8 Å². The first-order valence-electron chi connectivity index (χ1n) is 7.04. The van der Waals surface area contributed by atoms with Gasteiger partial charge < -0.3 is 10.6 Å². The minimum atomic E-state index is -0.360. The predicted octanol–water partition coefficient (Wildman–Crippen LogP) is 3.21. The van der Waals surface area contributed by atoms with Crippen LogP contribution in [0.15, 0.2) is 22.7 Å². The Balaban J connectivity index is 1.94. The summed E-state index contributed by atoms with van der Waals surface area (Å²) >= 11 is 3.50. The van der Waals surface area contributed by atoms with E-state index >= 15 is 0 Å². The molecule has 0 radical (unpaired) electrons. The number of fused-ring (bicyclic) bond motifs is 2. The Kier molecular flexibility index (Phi) is 3.69. The third-order valence-corrected chi connectivity index (χ3v) is 5.07. The van der Waals surface area contributed by atoms with Crippen molar-refractivity contribution in [2.24, 2.45) is 5.73 Å². The van der Waals surface area contributed by atoms with Crippen molar-refractivity contribution in [1.29, 1.82) is 0 Å². The van der Waals surface area contributed by atoms with Crippen molar-refractivity contribution >= 4 is 27.3 Å².